The van der Waals surface area contributed by atoms with Crippen molar-refractivity contribution in [1.29, 1.82) is 0 Å². The van der Waals surface area contributed by atoms with E-state index in [0.29, 0.717) is 0 Å². The molecule has 0 saturated carbocycles. The molecule has 0 aliphatic heterocycles. The lowest BCUT2D eigenvalue weighted by molar-refractivity contribution is 0.0388. The van der Waals surface area contributed by atoms with Gasteiger partial charge in [-0.05, 0) is 36.4 Å². The lowest BCUT2D eigenvalue weighted by Gasteiger charge is -2.01. The topological polar surface area (TPSA) is 79.0 Å². The molecule has 2 aromatic carbocycles. The maximum Gasteiger partial charge on any atom is 0.366 e. The van der Waals surface area contributed by atoms with Crippen LogP contribution in [0.2, 0.25) is 0 Å². The minimum Gasteiger partial charge on any atom is -0.383 e. The molecule has 2 aromatic heterocycles. The Balaban J connectivity index is 1.46. The van der Waals surface area contributed by atoms with Gasteiger partial charge in [-0.3, -0.25) is 0 Å². The number of carbonyl (C=O) groups excluding carboxylic acids is 2. The fraction of sp³-hybridized carbons (Fsp3) is 0. The molecular weight excluding hydrogens is 344 g/mol. The molecule has 2 heterocycles. The monoisotopic (exact) mass is 358 g/mol. The smallest absolute Gasteiger partial charge is 0.366 e. The van der Waals surface area contributed by atoms with Crippen molar-refractivity contribution in [3.8, 4) is 11.4 Å². The fourth-order valence-electron chi connectivity index (χ4n) is 2.50. The van der Waals surface area contributed by atoms with Crippen molar-refractivity contribution in [2.75, 3.05) is 0 Å². The number of hydrogen-bond acceptors (Lipinski definition) is 5. The van der Waals surface area contributed by atoms with Crippen molar-refractivity contribution in [3.05, 3.63) is 96.6 Å². The Labute approximate surface area is 154 Å². The molecule has 0 N–H and O–H groups in total. The van der Waals surface area contributed by atoms with E-state index in [1.807, 2.05) is 60.7 Å². The molecule has 27 heavy (non-hydrogen) atoms. The molecule has 0 bridgehead atoms. The molecule has 0 radical (unpaired) electrons. The van der Waals surface area contributed by atoms with Gasteiger partial charge in [0, 0.05) is 12.4 Å². The molecule has 0 aliphatic carbocycles. The number of ether oxygens (including phenoxy) is 1. The number of hydrogen-bond donors (Lipinski definition) is 0. The Bertz CT molecular complexity index is 997. The minimum atomic E-state index is -0.830. The van der Waals surface area contributed by atoms with Gasteiger partial charge < -0.3 is 4.74 Å². The van der Waals surface area contributed by atoms with Crippen LogP contribution in [0.25, 0.3) is 11.4 Å². The first-order valence-corrected chi connectivity index (χ1v) is 8.19. The average Bonchev–Trinajstić information content (AvgIpc) is 3.39. The van der Waals surface area contributed by atoms with Gasteiger partial charge in [-0.1, -0.05) is 36.4 Å². The SMILES string of the molecule is O=C(OC(=O)c1ccn(-c2ccccc2)n1)c1ccn(-c2ccccc2)n1. The third kappa shape index (κ3) is 3.52. The second kappa shape index (κ2) is 7.09. The number of para-hydroxylation sites is 2. The number of rotatable bonds is 4. The standard InChI is InChI=1S/C20H14N4O3/c25-19(17-11-13-23(21-17)15-7-3-1-4-8-15)27-20(26)18-12-14-24(22-18)16-9-5-2-6-10-16/h1-14H. The van der Waals surface area contributed by atoms with E-state index in [0.717, 1.165) is 11.4 Å². The van der Waals surface area contributed by atoms with Crippen LogP contribution in [0.1, 0.15) is 21.0 Å². The molecule has 0 saturated heterocycles. The average molecular weight is 358 g/mol. The molecule has 7 heteroatoms. The molecule has 0 unspecified atom stereocenters. The van der Waals surface area contributed by atoms with Gasteiger partial charge in [-0.15, -0.1) is 0 Å². The van der Waals surface area contributed by atoms with Crippen molar-refractivity contribution in [3.63, 3.8) is 0 Å². The molecule has 4 rings (SSSR count). The number of aromatic nitrogens is 4. The number of carbonyl (C=O) groups is 2. The zero-order chi connectivity index (χ0) is 18.6. The Kier molecular flexibility index (Phi) is 4.32. The molecule has 0 spiro atoms. The third-order valence-electron chi connectivity index (χ3n) is 3.82. The highest BCUT2D eigenvalue weighted by Crippen LogP contribution is 2.10. The summed E-state index contributed by atoms with van der Waals surface area (Å²) in [4.78, 5) is 24.4. The lowest BCUT2D eigenvalue weighted by atomic mass is 10.3. The van der Waals surface area contributed by atoms with E-state index >= 15 is 0 Å². The number of nitrogens with zero attached hydrogens (tertiary/aromatic N) is 4. The lowest BCUT2D eigenvalue weighted by Crippen LogP contribution is -2.14. The first kappa shape index (κ1) is 16.5. The van der Waals surface area contributed by atoms with Crippen LogP contribution in [0.5, 0.6) is 0 Å². The molecule has 0 amide bonds. The number of benzene rings is 2. The zero-order valence-electron chi connectivity index (χ0n) is 14.1. The van der Waals surface area contributed by atoms with Crippen LogP contribution in [-0.4, -0.2) is 31.5 Å². The molecule has 132 valence electrons. The largest absolute Gasteiger partial charge is 0.383 e. The zero-order valence-corrected chi connectivity index (χ0v) is 14.1. The Morgan fingerprint density at radius 3 is 1.44 bits per heavy atom. The summed E-state index contributed by atoms with van der Waals surface area (Å²) in [5.74, 6) is -1.66. The first-order valence-electron chi connectivity index (χ1n) is 8.19. The van der Waals surface area contributed by atoms with E-state index in [-0.39, 0.29) is 11.4 Å². The molecule has 7 nitrogen and oxygen atoms in total. The van der Waals surface area contributed by atoms with Gasteiger partial charge in [0.25, 0.3) is 0 Å². The van der Waals surface area contributed by atoms with Crippen molar-refractivity contribution in [2.45, 2.75) is 0 Å². The summed E-state index contributed by atoms with van der Waals surface area (Å²) in [6, 6.07) is 21.6. The second-order valence-corrected chi connectivity index (χ2v) is 5.64. The summed E-state index contributed by atoms with van der Waals surface area (Å²) in [7, 11) is 0. The van der Waals surface area contributed by atoms with Gasteiger partial charge in [0.05, 0.1) is 11.4 Å². The van der Waals surface area contributed by atoms with Crippen LogP contribution < -0.4 is 0 Å². The molecule has 0 atom stereocenters. The van der Waals surface area contributed by atoms with Crippen LogP contribution in [0, 0.1) is 0 Å². The predicted molar refractivity (Wildman–Crippen MR) is 96.9 cm³/mol. The summed E-state index contributed by atoms with van der Waals surface area (Å²) in [5.41, 5.74) is 1.67. The highest BCUT2D eigenvalue weighted by Gasteiger charge is 2.19. The van der Waals surface area contributed by atoms with E-state index in [1.54, 1.807) is 12.4 Å². The van der Waals surface area contributed by atoms with Crippen LogP contribution in [-0.2, 0) is 4.74 Å². The Morgan fingerprint density at radius 2 is 1.04 bits per heavy atom. The van der Waals surface area contributed by atoms with Gasteiger partial charge in [0.1, 0.15) is 0 Å². The Hall–Kier alpha value is -4.00. The van der Waals surface area contributed by atoms with Crippen LogP contribution in [0.3, 0.4) is 0 Å². The summed E-state index contributed by atoms with van der Waals surface area (Å²) >= 11 is 0. The van der Waals surface area contributed by atoms with Gasteiger partial charge in [-0.25, -0.2) is 19.0 Å². The highest BCUT2D eigenvalue weighted by molar-refractivity contribution is 6.00. The minimum absolute atomic E-state index is 0.0368. The van der Waals surface area contributed by atoms with E-state index in [1.165, 1.54) is 21.5 Å². The second-order valence-electron chi connectivity index (χ2n) is 5.64. The van der Waals surface area contributed by atoms with Crippen molar-refractivity contribution >= 4 is 11.9 Å². The summed E-state index contributed by atoms with van der Waals surface area (Å²) < 4.78 is 7.96. The van der Waals surface area contributed by atoms with Gasteiger partial charge in [-0.2, -0.15) is 10.2 Å². The predicted octanol–water partition coefficient (Wildman–Crippen LogP) is 3.06. The van der Waals surface area contributed by atoms with Gasteiger partial charge in [0.15, 0.2) is 11.4 Å². The van der Waals surface area contributed by atoms with Crippen LogP contribution >= 0.6 is 0 Å². The van der Waals surface area contributed by atoms with Crippen molar-refractivity contribution in [1.82, 2.24) is 19.6 Å². The first-order chi connectivity index (χ1) is 13.2. The summed E-state index contributed by atoms with van der Waals surface area (Å²) in [6.07, 6.45) is 3.25. The third-order valence-corrected chi connectivity index (χ3v) is 3.82. The molecule has 0 fully saturated rings. The Morgan fingerprint density at radius 1 is 0.630 bits per heavy atom. The molecule has 4 aromatic rings. The van der Waals surface area contributed by atoms with Crippen LogP contribution in [0.4, 0.5) is 0 Å². The normalized spacial score (nSPS) is 10.5. The maximum atomic E-state index is 12.2. The summed E-state index contributed by atoms with van der Waals surface area (Å²) in [6.45, 7) is 0. The molecule has 0 aliphatic rings. The summed E-state index contributed by atoms with van der Waals surface area (Å²) in [5, 5.41) is 8.29. The van der Waals surface area contributed by atoms with E-state index in [4.69, 9.17) is 4.74 Å². The molecular formula is C20H14N4O3. The van der Waals surface area contributed by atoms with Gasteiger partial charge in [0.2, 0.25) is 0 Å². The van der Waals surface area contributed by atoms with Crippen molar-refractivity contribution < 1.29 is 14.3 Å². The van der Waals surface area contributed by atoms with Crippen molar-refractivity contribution in [2.24, 2.45) is 0 Å². The van der Waals surface area contributed by atoms with E-state index in [9.17, 15) is 9.59 Å². The van der Waals surface area contributed by atoms with E-state index < -0.39 is 11.9 Å². The number of esters is 2. The fourth-order valence-corrected chi connectivity index (χ4v) is 2.50. The van der Waals surface area contributed by atoms with Crippen LogP contribution in [0.15, 0.2) is 85.2 Å². The van der Waals surface area contributed by atoms with E-state index in [2.05, 4.69) is 10.2 Å². The van der Waals surface area contributed by atoms with Gasteiger partial charge >= 0.3 is 11.9 Å². The highest BCUT2D eigenvalue weighted by atomic mass is 16.6. The maximum absolute atomic E-state index is 12.2. The quantitative estimate of drug-likeness (QED) is 0.414.